The first-order chi connectivity index (χ1) is 19.9. The number of hydrogen-bond acceptors (Lipinski definition) is 7. The minimum Gasteiger partial charge on any atom is -0.462 e. The molecule has 208 valence electrons. The predicted octanol–water partition coefficient (Wildman–Crippen LogP) is 7.96. The molecule has 0 bridgehead atoms. The normalized spacial score (nSPS) is 10.9. The molecule has 0 aliphatic rings. The number of amides is 1. The van der Waals surface area contributed by atoms with Gasteiger partial charge in [0.2, 0.25) is 0 Å². The second kappa shape index (κ2) is 12.5. The number of aryl methyl sites for hydroxylation is 1. The van der Waals surface area contributed by atoms with Crippen LogP contribution in [0.5, 0.6) is 0 Å². The maximum absolute atomic E-state index is 13.8. The third-order valence-electron chi connectivity index (χ3n) is 6.66. The Hall–Kier alpha value is -4.27. The van der Waals surface area contributed by atoms with Crippen LogP contribution in [0.1, 0.15) is 64.4 Å². The molecule has 0 radical (unpaired) electrons. The molecule has 5 aromatic rings. The molecule has 0 aliphatic heterocycles. The maximum atomic E-state index is 13.8. The number of ether oxygens (including phenoxy) is 2. The maximum Gasteiger partial charge on any atom is 0.349 e. The van der Waals surface area contributed by atoms with E-state index in [1.54, 1.807) is 13.8 Å². The van der Waals surface area contributed by atoms with E-state index in [1.165, 1.54) is 16.9 Å². The van der Waals surface area contributed by atoms with Gasteiger partial charge in [0.15, 0.2) is 0 Å². The largest absolute Gasteiger partial charge is 0.462 e. The monoisotopic (exact) mass is 583 g/mol. The highest BCUT2D eigenvalue weighted by Gasteiger charge is 2.29. The minimum atomic E-state index is -0.602. The van der Waals surface area contributed by atoms with Crippen LogP contribution in [-0.2, 0) is 22.5 Å². The summed E-state index contributed by atoms with van der Waals surface area (Å²) in [6.45, 7) is 5.67. The molecule has 0 fully saturated rings. The standard InChI is InChI=1S/C33H29NO5S2/c1-4-38-32(36)27-21(3)28(33(37)39-19-23-10-6-5-7-11-23)41-31(27)34-30(35)29-25(18-22-16-14-20(2)15-17-22)24-12-8-9-13-26(24)40-29/h5-17H,4,18-19H2,1-3H3,(H,34,35). The van der Waals surface area contributed by atoms with Crippen molar-refractivity contribution in [2.24, 2.45) is 0 Å². The first-order valence-electron chi connectivity index (χ1n) is 13.2. The molecule has 1 amide bonds. The van der Waals surface area contributed by atoms with Gasteiger partial charge in [-0.2, -0.15) is 0 Å². The van der Waals surface area contributed by atoms with Gasteiger partial charge in [-0.3, -0.25) is 4.79 Å². The van der Waals surface area contributed by atoms with E-state index >= 15 is 0 Å². The number of fused-ring (bicyclic) bond motifs is 1. The lowest BCUT2D eigenvalue weighted by molar-refractivity contribution is 0.0477. The van der Waals surface area contributed by atoms with Crippen LogP contribution in [0.4, 0.5) is 5.00 Å². The van der Waals surface area contributed by atoms with Gasteiger partial charge in [-0.25, -0.2) is 9.59 Å². The smallest absolute Gasteiger partial charge is 0.349 e. The Bertz CT molecular complexity index is 1720. The second-order valence-corrected chi connectivity index (χ2v) is 11.6. The van der Waals surface area contributed by atoms with Crippen LogP contribution < -0.4 is 5.32 Å². The molecule has 0 saturated carbocycles. The minimum absolute atomic E-state index is 0.0948. The van der Waals surface area contributed by atoms with Crippen LogP contribution in [-0.4, -0.2) is 24.5 Å². The Morgan fingerprint density at radius 3 is 2.20 bits per heavy atom. The summed E-state index contributed by atoms with van der Waals surface area (Å²) in [6.07, 6.45) is 0.582. The Balaban J connectivity index is 1.47. The average molecular weight is 584 g/mol. The molecule has 41 heavy (non-hydrogen) atoms. The van der Waals surface area contributed by atoms with Crippen LogP contribution in [0.25, 0.3) is 10.1 Å². The molecular formula is C33H29NO5S2. The molecule has 8 heteroatoms. The van der Waals surface area contributed by atoms with Gasteiger partial charge in [-0.05, 0) is 60.9 Å². The van der Waals surface area contributed by atoms with E-state index in [4.69, 9.17) is 9.47 Å². The molecule has 3 aromatic carbocycles. The summed E-state index contributed by atoms with van der Waals surface area (Å²) in [5, 5.41) is 4.21. The number of hydrogen-bond donors (Lipinski definition) is 1. The third-order valence-corrected chi connectivity index (χ3v) is 9.06. The summed E-state index contributed by atoms with van der Waals surface area (Å²) < 4.78 is 11.8. The molecule has 0 spiro atoms. The molecule has 0 unspecified atom stereocenters. The molecule has 6 nitrogen and oxygen atoms in total. The Kier molecular flexibility index (Phi) is 8.61. The molecule has 2 heterocycles. The number of nitrogens with one attached hydrogen (secondary N) is 1. The number of thiophene rings is 2. The van der Waals surface area contributed by atoms with Gasteiger partial charge in [0.1, 0.15) is 16.5 Å². The summed E-state index contributed by atoms with van der Waals surface area (Å²) in [5.74, 6) is -1.51. The number of carbonyl (C=O) groups is 3. The van der Waals surface area contributed by atoms with Crippen LogP contribution >= 0.6 is 22.7 Å². The van der Waals surface area contributed by atoms with Crippen molar-refractivity contribution in [2.75, 3.05) is 11.9 Å². The lowest BCUT2D eigenvalue weighted by atomic mass is 10.0. The van der Waals surface area contributed by atoms with Crippen LogP contribution in [0.2, 0.25) is 0 Å². The Morgan fingerprint density at radius 2 is 1.46 bits per heavy atom. The van der Waals surface area contributed by atoms with Crippen molar-refractivity contribution in [2.45, 2.75) is 33.8 Å². The number of benzene rings is 3. The SMILES string of the molecule is CCOC(=O)c1c(NC(=O)c2sc3ccccc3c2Cc2ccc(C)cc2)sc(C(=O)OCc2ccccc2)c1C. The first-order valence-corrected chi connectivity index (χ1v) is 14.9. The molecule has 0 atom stereocenters. The number of carbonyl (C=O) groups excluding carboxylic acids is 3. The van der Waals surface area contributed by atoms with Crippen molar-refractivity contribution in [3.05, 3.63) is 122 Å². The fourth-order valence-electron chi connectivity index (χ4n) is 4.56. The van der Waals surface area contributed by atoms with Gasteiger partial charge in [-0.15, -0.1) is 22.7 Å². The van der Waals surface area contributed by atoms with Gasteiger partial charge in [0.25, 0.3) is 5.91 Å². The summed E-state index contributed by atoms with van der Waals surface area (Å²) in [6, 6.07) is 25.5. The lowest BCUT2D eigenvalue weighted by Gasteiger charge is -2.09. The van der Waals surface area contributed by atoms with Crippen molar-refractivity contribution in [1.29, 1.82) is 0 Å². The Labute approximate surface area is 246 Å². The number of esters is 2. The van der Waals surface area contributed by atoms with E-state index in [0.717, 1.165) is 38.1 Å². The van der Waals surface area contributed by atoms with Gasteiger partial charge in [0.05, 0.1) is 17.0 Å². The summed E-state index contributed by atoms with van der Waals surface area (Å²) in [5.41, 5.74) is 4.60. The Morgan fingerprint density at radius 1 is 0.756 bits per heavy atom. The molecule has 0 saturated heterocycles. The first kappa shape index (κ1) is 28.3. The fraction of sp³-hybridized carbons (Fsp3) is 0.182. The lowest BCUT2D eigenvalue weighted by Crippen LogP contribution is -2.15. The van der Waals surface area contributed by atoms with E-state index in [9.17, 15) is 14.4 Å². The van der Waals surface area contributed by atoms with Crippen LogP contribution in [0.15, 0.2) is 78.9 Å². The number of rotatable bonds is 9. The van der Waals surface area contributed by atoms with Crippen molar-refractivity contribution in [3.8, 4) is 0 Å². The zero-order valence-electron chi connectivity index (χ0n) is 23.0. The van der Waals surface area contributed by atoms with Gasteiger partial charge < -0.3 is 14.8 Å². The van der Waals surface area contributed by atoms with Gasteiger partial charge in [0, 0.05) is 4.70 Å². The zero-order chi connectivity index (χ0) is 28.9. The third kappa shape index (κ3) is 6.24. The molecule has 1 N–H and O–H groups in total. The highest BCUT2D eigenvalue weighted by Crippen LogP contribution is 2.37. The molecule has 2 aromatic heterocycles. The van der Waals surface area contributed by atoms with E-state index in [1.807, 2.05) is 61.5 Å². The number of anilines is 1. The molecule has 0 aliphatic carbocycles. The van der Waals surface area contributed by atoms with Crippen molar-refractivity contribution in [3.63, 3.8) is 0 Å². The zero-order valence-corrected chi connectivity index (χ0v) is 24.6. The highest BCUT2D eigenvalue weighted by atomic mass is 32.1. The quantitative estimate of drug-likeness (QED) is 0.178. The van der Waals surface area contributed by atoms with Gasteiger partial charge >= 0.3 is 11.9 Å². The predicted molar refractivity (Wildman–Crippen MR) is 164 cm³/mol. The fourth-order valence-corrected chi connectivity index (χ4v) is 6.76. The molecule has 5 rings (SSSR count). The van der Waals surface area contributed by atoms with E-state index in [0.29, 0.717) is 16.9 Å². The second-order valence-electron chi connectivity index (χ2n) is 9.56. The van der Waals surface area contributed by atoms with Crippen molar-refractivity contribution in [1.82, 2.24) is 0 Å². The topological polar surface area (TPSA) is 81.7 Å². The van der Waals surface area contributed by atoms with Crippen molar-refractivity contribution < 1.29 is 23.9 Å². The van der Waals surface area contributed by atoms with Crippen LogP contribution in [0, 0.1) is 13.8 Å². The highest BCUT2D eigenvalue weighted by molar-refractivity contribution is 7.21. The van der Waals surface area contributed by atoms with E-state index < -0.39 is 11.9 Å². The van der Waals surface area contributed by atoms with Crippen molar-refractivity contribution >= 4 is 55.6 Å². The summed E-state index contributed by atoms with van der Waals surface area (Å²) >= 11 is 2.43. The van der Waals surface area contributed by atoms with E-state index in [-0.39, 0.29) is 34.6 Å². The van der Waals surface area contributed by atoms with Gasteiger partial charge in [-0.1, -0.05) is 78.4 Å². The molecular weight excluding hydrogens is 554 g/mol. The van der Waals surface area contributed by atoms with E-state index in [2.05, 4.69) is 29.6 Å². The summed E-state index contributed by atoms with van der Waals surface area (Å²) in [4.78, 5) is 40.7. The summed E-state index contributed by atoms with van der Waals surface area (Å²) in [7, 11) is 0. The van der Waals surface area contributed by atoms with Crippen LogP contribution in [0.3, 0.4) is 0 Å². The average Bonchev–Trinajstić information content (AvgIpc) is 3.51.